The Morgan fingerprint density at radius 3 is 2.61 bits per heavy atom. The van der Waals surface area contributed by atoms with E-state index in [1.807, 2.05) is 54.6 Å². The van der Waals surface area contributed by atoms with E-state index in [-0.39, 0.29) is 11.6 Å². The smallest absolute Gasteiger partial charge is 0.274 e. The standard InChI is InChI=1S/C24H23N5O2/c1-31-21-11-5-10-20(17-21)29-23(19-12-15-25-16-13-19)22(27-28-29)24(30)26-14-6-9-18-7-3-2-4-8-18/h2-5,7-8,10-13,15-17H,6,9,14H2,1H3,(H,26,30). The maximum absolute atomic E-state index is 13.0. The number of hydrogen-bond donors (Lipinski definition) is 1. The highest BCUT2D eigenvalue weighted by atomic mass is 16.5. The highest BCUT2D eigenvalue weighted by Crippen LogP contribution is 2.26. The van der Waals surface area contributed by atoms with Crippen LogP contribution < -0.4 is 10.1 Å². The Hall–Kier alpha value is -4.00. The number of carbonyl (C=O) groups is 1. The van der Waals surface area contributed by atoms with Crippen molar-refractivity contribution in [3.8, 4) is 22.7 Å². The van der Waals surface area contributed by atoms with Gasteiger partial charge in [0.2, 0.25) is 0 Å². The summed E-state index contributed by atoms with van der Waals surface area (Å²) in [4.78, 5) is 17.0. The number of ether oxygens (including phenoxy) is 1. The zero-order valence-corrected chi connectivity index (χ0v) is 17.2. The van der Waals surface area contributed by atoms with Gasteiger partial charge in [-0.25, -0.2) is 4.68 Å². The molecular weight excluding hydrogens is 390 g/mol. The number of benzene rings is 2. The van der Waals surface area contributed by atoms with Crippen LogP contribution in [0.2, 0.25) is 0 Å². The first-order valence-electron chi connectivity index (χ1n) is 10.1. The molecule has 0 saturated heterocycles. The summed E-state index contributed by atoms with van der Waals surface area (Å²) >= 11 is 0. The number of amides is 1. The van der Waals surface area contributed by atoms with Gasteiger partial charge in [-0.1, -0.05) is 41.6 Å². The van der Waals surface area contributed by atoms with Crippen LogP contribution in [0.3, 0.4) is 0 Å². The Balaban J connectivity index is 1.57. The number of pyridine rings is 1. The molecule has 0 aliphatic rings. The predicted molar refractivity (Wildman–Crippen MR) is 118 cm³/mol. The van der Waals surface area contributed by atoms with Crippen molar-refractivity contribution in [1.29, 1.82) is 0 Å². The molecule has 0 spiro atoms. The van der Waals surface area contributed by atoms with Gasteiger partial charge in [-0.3, -0.25) is 9.78 Å². The van der Waals surface area contributed by atoms with Crippen molar-refractivity contribution in [3.05, 3.63) is 90.4 Å². The topological polar surface area (TPSA) is 81.9 Å². The monoisotopic (exact) mass is 413 g/mol. The van der Waals surface area contributed by atoms with E-state index in [0.29, 0.717) is 18.0 Å². The maximum atomic E-state index is 13.0. The zero-order chi connectivity index (χ0) is 21.5. The van der Waals surface area contributed by atoms with Gasteiger partial charge in [-0.05, 0) is 42.7 Å². The molecule has 0 bridgehead atoms. The lowest BCUT2D eigenvalue weighted by Crippen LogP contribution is -2.25. The number of nitrogens with zero attached hydrogens (tertiary/aromatic N) is 4. The third-order valence-electron chi connectivity index (χ3n) is 4.91. The fraction of sp³-hybridized carbons (Fsp3) is 0.167. The van der Waals surface area contributed by atoms with Gasteiger partial charge < -0.3 is 10.1 Å². The summed E-state index contributed by atoms with van der Waals surface area (Å²) in [5.41, 5.74) is 3.68. The highest BCUT2D eigenvalue weighted by Gasteiger charge is 2.22. The van der Waals surface area contributed by atoms with E-state index in [1.165, 1.54) is 5.56 Å². The summed E-state index contributed by atoms with van der Waals surface area (Å²) in [5.74, 6) is 0.439. The Morgan fingerprint density at radius 1 is 1.03 bits per heavy atom. The molecule has 2 aromatic heterocycles. The SMILES string of the molecule is COc1cccc(-n2nnc(C(=O)NCCCc3ccccc3)c2-c2ccncc2)c1. The first kappa shape index (κ1) is 20.3. The summed E-state index contributed by atoms with van der Waals surface area (Å²) in [6, 6.07) is 21.3. The maximum Gasteiger partial charge on any atom is 0.274 e. The fourth-order valence-electron chi connectivity index (χ4n) is 3.35. The van der Waals surface area contributed by atoms with Gasteiger partial charge in [0.15, 0.2) is 5.69 Å². The average Bonchev–Trinajstić information content (AvgIpc) is 3.28. The Morgan fingerprint density at radius 2 is 1.84 bits per heavy atom. The highest BCUT2D eigenvalue weighted by molar-refractivity contribution is 5.98. The van der Waals surface area contributed by atoms with Crippen LogP contribution in [0.25, 0.3) is 16.9 Å². The van der Waals surface area contributed by atoms with E-state index in [1.54, 1.807) is 24.2 Å². The number of aryl methyl sites for hydroxylation is 1. The van der Waals surface area contributed by atoms with Crippen LogP contribution in [0, 0.1) is 0 Å². The van der Waals surface area contributed by atoms with E-state index >= 15 is 0 Å². The van der Waals surface area contributed by atoms with Crippen LogP contribution in [0.15, 0.2) is 79.1 Å². The van der Waals surface area contributed by atoms with Crippen LogP contribution in [0.1, 0.15) is 22.5 Å². The minimum absolute atomic E-state index is 0.256. The van der Waals surface area contributed by atoms with E-state index in [9.17, 15) is 4.79 Å². The first-order valence-corrected chi connectivity index (χ1v) is 10.1. The largest absolute Gasteiger partial charge is 0.497 e. The van der Waals surface area contributed by atoms with Crippen LogP contribution >= 0.6 is 0 Å². The van der Waals surface area contributed by atoms with Gasteiger partial charge in [0.05, 0.1) is 12.8 Å². The van der Waals surface area contributed by atoms with Crippen molar-refractivity contribution in [2.24, 2.45) is 0 Å². The van der Waals surface area contributed by atoms with Crippen molar-refractivity contribution >= 4 is 5.91 Å². The van der Waals surface area contributed by atoms with Gasteiger partial charge in [-0.2, -0.15) is 0 Å². The summed E-state index contributed by atoms with van der Waals surface area (Å²) in [6.45, 7) is 0.551. The summed E-state index contributed by atoms with van der Waals surface area (Å²) in [7, 11) is 1.61. The normalized spacial score (nSPS) is 10.6. The molecule has 0 radical (unpaired) electrons. The number of methoxy groups -OCH3 is 1. The van der Waals surface area contributed by atoms with Gasteiger partial charge in [-0.15, -0.1) is 5.10 Å². The van der Waals surface area contributed by atoms with E-state index in [4.69, 9.17) is 4.74 Å². The number of nitrogens with one attached hydrogen (secondary N) is 1. The molecule has 0 unspecified atom stereocenters. The lowest BCUT2D eigenvalue weighted by Gasteiger charge is -2.10. The van der Waals surface area contributed by atoms with Crippen molar-refractivity contribution < 1.29 is 9.53 Å². The van der Waals surface area contributed by atoms with Crippen LogP contribution in [0.4, 0.5) is 0 Å². The number of carbonyl (C=O) groups excluding carboxylic acids is 1. The molecule has 0 fully saturated rings. The molecule has 1 amide bonds. The molecule has 0 atom stereocenters. The molecule has 156 valence electrons. The molecule has 2 heterocycles. The Kier molecular flexibility index (Phi) is 6.32. The van der Waals surface area contributed by atoms with Crippen molar-refractivity contribution in [3.63, 3.8) is 0 Å². The van der Waals surface area contributed by atoms with Gasteiger partial charge >= 0.3 is 0 Å². The van der Waals surface area contributed by atoms with Crippen molar-refractivity contribution in [2.45, 2.75) is 12.8 Å². The molecule has 4 rings (SSSR count). The molecule has 0 saturated carbocycles. The molecule has 2 aromatic carbocycles. The van der Waals surface area contributed by atoms with E-state index in [2.05, 4.69) is 32.7 Å². The minimum atomic E-state index is -0.256. The predicted octanol–water partition coefficient (Wildman–Crippen LogP) is 3.70. The van der Waals surface area contributed by atoms with Gasteiger partial charge in [0, 0.05) is 30.6 Å². The molecule has 7 heteroatoms. The molecule has 7 nitrogen and oxygen atoms in total. The third kappa shape index (κ3) is 4.78. The van der Waals surface area contributed by atoms with Gasteiger partial charge in [0.25, 0.3) is 5.91 Å². The van der Waals surface area contributed by atoms with E-state index < -0.39 is 0 Å². The van der Waals surface area contributed by atoms with Crippen molar-refractivity contribution in [2.75, 3.05) is 13.7 Å². The lowest BCUT2D eigenvalue weighted by atomic mass is 10.1. The quantitative estimate of drug-likeness (QED) is 0.446. The first-order chi connectivity index (χ1) is 15.3. The zero-order valence-electron chi connectivity index (χ0n) is 17.2. The Bertz CT molecular complexity index is 1140. The second-order valence-electron chi connectivity index (χ2n) is 6.98. The summed E-state index contributed by atoms with van der Waals surface area (Å²) < 4.78 is 6.98. The molecule has 0 aliphatic carbocycles. The second-order valence-corrected chi connectivity index (χ2v) is 6.98. The van der Waals surface area contributed by atoms with Crippen LogP contribution in [-0.4, -0.2) is 39.5 Å². The molecule has 1 N–H and O–H groups in total. The van der Waals surface area contributed by atoms with Crippen molar-refractivity contribution in [1.82, 2.24) is 25.3 Å². The third-order valence-corrected chi connectivity index (χ3v) is 4.91. The fourth-order valence-corrected chi connectivity index (χ4v) is 3.35. The molecular formula is C24H23N5O2. The second kappa shape index (κ2) is 9.67. The summed E-state index contributed by atoms with van der Waals surface area (Å²) in [5, 5.41) is 11.4. The number of aromatic nitrogens is 4. The lowest BCUT2D eigenvalue weighted by molar-refractivity contribution is 0.0949. The number of hydrogen-bond acceptors (Lipinski definition) is 5. The Labute approximate surface area is 180 Å². The molecule has 4 aromatic rings. The number of rotatable bonds is 8. The van der Waals surface area contributed by atoms with Crippen LogP contribution in [0.5, 0.6) is 5.75 Å². The van der Waals surface area contributed by atoms with E-state index in [0.717, 1.165) is 24.1 Å². The van der Waals surface area contributed by atoms with Gasteiger partial charge in [0.1, 0.15) is 11.4 Å². The average molecular weight is 413 g/mol. The summed E-state index contributed by atoms with van der Waals surface area (Å²) in [6.07, 6.45) is 5.10. The molecule has 31 heavy (non-hydrogen) atoms. The molecule has 0 aliphatic heterocycles. The minimum Gasteiger partial charge on any atom is -0.497 e. The van der Waals surface area contributed by atoms with Crippen LogP contribution in [-0.2, 0) is 6.42 Å².